The molecule has 104 valence electrons. The van der Waals surface area contributed by atoms with Crippen LogP contribution >= 0.6 is 0 Å². The number of carbonyl (C=O) groups is 1. The van der Waals surface area contributed by atoms with Crippen molar-refractivity contribution >= 4 is 5.97 Å². The van der Waals surface area contributed by atoms with E-state index in [0.717, 1.165) is 24.8 Å². The fourth-order valence-corrected chi connectivity index (χ4v) is 2.63. The van der Waals surface area contributed by atoms with Crippen LogP contribution in [-0.4, -0.2) is 28.4 Å². The summed E-state index contributed by atoms with van der Waals surface area (Å²) in [4.78, 5) is 11.3. The first-order valence-electron chi connectivity index (χ1n) is 6.69. The van der Waals surface area contributed by atoms with Gasteiger partial charge in [-0.25, -0.2) is 4.79 Å². The molecule has 0 saturated heterocycles. The molecule has 0 heterocycles. The van der Waals surface area contributed by atoms with Crippen LogP contribution in [-0.2, 0) is 11.3 Å². The molecular formula is C15H20O4. The fourth-order valence-electron chi connectivity index (χ4n) is 2.63. The van der Waals surface area contributed by atoms with Gasteiger partial charge in [-0.3, -0.25) is 0 Å². The molecule has 0 spiro atoms. The van der Waals surface area contributed by atoms with E-state index in [1.807, 2.05) is 6.07 Å². The Morgan fingerprint density at radius 2 is 2.21 bits per heavy atom. The van der Waals surface area contributed by atoms with Gasteiger partial charge in [0.25, 0.3) is 0 Å². The summed E-state index contributed by atoms with van der Waals surface area (Å²) < 4.78 is 5.76. The first-order chi connectivity index (χ1) is 9.08. The minimum atomic E-state index is -0.916. The lowest BCUT2D eigenvalue weighted by molar-refractivity contribution is -0.0231. The Hall–Kier alpha value is -1.39. The maximum absolute atomic E-state index is 11.3. The number of benzene rings is 1. The van der Waals surface area contributed by atoms with E-state index in [9.17, 15) is 15.0 Å². The molecule has 0 aromatic heterocycles. The molecule has 19 heavy (non-hydrogen) atoms. The van der Waals surface area contributed by atoms with Gasteiger partial charge in [-0.2, -0.15) is 0 Å². The molecule has 4 nitrogen and oxygen atoms in total. The smallest absolute Gasteiger partial charge is 0.336 e. The molecule has 1 aromatic rings. The Bertz CT molecular complexity index is 455. The van der Waals surface area contributed by atoms with E-state index >= 15 is 0 Å². The van der Waals surface area contributed by atoms with E-state index in [1.165, 1.54) is 0 Å². The van der Waals surface area contributed by atoms with Crippen LogP contribution in [0.4, 0.5) is 0 Å². The highest BCUT2D eigenvalue weighted by Crippen LogP contribution is 2.23. The summed E-state index contributed by atoms with van der Waals surface area (Å²) in [5.74, 6) is -0.916. The van der Waals surface area contributed by atoms with E-state index in [1.54, 1.807) is 19.1 Å². The lowest BCUT2D eigenvalue weighted by Crippen LogP contribution is -2.26. The van der Waals surface area contributed by atoms with E-state index < -0.39 is 5.97 Å². The van der Waals surface area contributed by atoms with Crippen molar-refractivity contribution in [2.24, 2.45) is 0 Å². The average Bonchev–Trinajstić information content (AvgIpc) is 2.36. The number of rotatable bonds is 4. The number of hydrogen-bond donors (Lipinski definition) is 2. The zero-order chi connectivity index (χ0) is 13.8. The molecule has 2 rings (SSSR count). The van der Waals surface area contributed by atoms with Gasteiger partial charge in [0.05, 0.1) is 24.4 Å². The van der Waals surface area contributed by atoms with Gasteiger partial charge in [0.15, 0.2) is 0 Å². The van der Waals surface area contributed by atoms with E-state index in [-0.39, 0.29) is 12.2 Å². The molecule has 1 aliphatic rings. The van der Waals surface area contributed by atoms with Crippen molar-refractivity contribution in [3.05, 3.63) is 34.9 Å². The Kier molecular flexibility index (Phi) is 4.56. The van der Waals surface area contributed by atoms with Crippen molar-refractivity contribution in [1.82, 2.24) is 0 Å². The standard InChI is InChI=1S/C15H20O4/c1-10-4-2-5-11(14(10)15(17)18)9-19-13-7-3-6-12(16)8-13/h2,4-5,12-13,16H,3,6-9H2,1H3,(H,17,18)/t12-,13+/m1/s1. The summed E-state index contributed by atoms with van der Waals surface area (Å²) in [5, 5.41) is 18.8. The molecule has 0 aliphatic heterocycles. The molecule has 0 unspecified atom stereocenters. The second-order valence-electron chi connectivity index (χ2n) is 5.17. The van der Waals surface area contributed by atoms with Crippen molar-refractivity contribution in [3.63, 3.8) is 0 Å². The van der Waals surface area contributed by atoms with E-state index in [4.69, 9.17) is 4.74 Å². The normalized spacial score (nSPS) is 23.3. The maximum Gasteiger partial charge on any atom is 0.336 e. The minimum absolute atomic E-state index is 0.0332. The highest BCUT2D eigenvalue weighted by Gasteiger charge is 2.21. The van der Waals surface area contributed by atoms with Gasteiger partial charge < -0.3 is 14.9 Å². The molecule has 0 bridgehead atoms. The monoisotopic (exact) mass is 264 g/mol. The van der Waals surface area contributed by atoms with E-state index in [2.05, 4.69) is 0 Å². The van der Waals surface area contributed by atoms with Crippen LogP contribution in [0.5, 0.6) is 0 Å². The maximum atomic E-state index is 11.3. The predicted octanol–water partition coefficient (Wildman–Crippen LogP) is 2.51. The van der Waals surface area contributed by atoms with Gasteiger partial charge in [0.2, 0.25) is 0 Å². The third-order valence-electron chi connectivity index (χ3n) is 3.65. The van der Waals surface area contributed by atoms with Crippen molar-refractivity contribution in [3.8, 4) is 0 Å². The van der Waals surface area contributed by atoms with Crippen LogP contribution in [0.3, 0.4) is 0 Å². The molecule has 1 aliphatic carbocycles. The summed E-state index contributed by atoms with van der Waals surface area (Å²) in [5.41, 5.74) is 1.78. The number of ether oxygens (including phenoxy) is 1. The van der Waals surface area contributed by atoms with Gasteiger partial charge in [-0.05, 0) is 43.7 Å². The predicted molar refractivity (Wildman–Crippen MR) is 71.2 cm³/mol. The zero-order valence-electron chi connectivity index (χ0n) is 11.1. The van der Waals surface area contributed by atoms with Crippen LogP contribution < -0.4 is 0 Å². The molecule has 2 N–H and O–H groups in total. The Balaban J connectivity index is 2.03. The number of aliphatic hydroxyl groups is 1. The second kappa shape index (κ2) is 6.17. The van der Waals surface area contributed by atoms with Crippen LogP contribution in [0.2, 0.25) is 0 Å². The lowest BCUT2D eigenvalue weighted by atomic mass is 9.95. The highest BCUT2D eigenvalue weighted by atomic mass is 16.5. The second-order valence-corrected chi connectivity index (χ2v) is 5.17. The summed E-state index contributed by atoms with van der Waals surface area (Å²) in [6, 6.07) is 5.42. The van der Waals surface area contributed by atoms with Crippen molar-refractivity contribution in [2.45, 2.75) is 51.4 Å². The Morgan fingerprint density at radius 3 is 2.89 bits per heavy atom. The fraction of sp³-hybridized carbons (Fsp3) is 0.533. The number of hydrogen-bond acceptors (Lipinski definition) is 3. The topological polar surface area (TPSA) is 66.8 Å². The first kappa shape index (κ1) is 14.0. The number of aliphatic hydroxyl groups excluding tert-OH is 1. The third kappa shape index (κ3) is 3.55. The summed E-state index contributed by atoms with van der Waals surface area (Å²) in [6.45, 7) is 2.08. The summed E-state index contributed by atoms with van der Waals surface area (Å²) >= 11 is 0. The number of aryl methyl sites for hydroxylation is 1. The molecule has 1 fully saturated rings. The van der Waals surface area contributed by atoms with Crippen molar-refractivity contribution < 1.29 is 19.7 Å². The molecule has 0 radical (unpaired) electrons. The SMILES string of the molecule is Cc1cccc(CO[C@H]2CCC[C@@H](O)C2)c1C(=O)O. The molecule has 0 amide bonds. The highest BCUT2D eigenvalue weighted by molar-refractivity contribution is 5.91. The number of aromatic carboxylic acids is 1. The van der Waals surface area contributed by atoms with Gasteiger partial charge in [0, 0.05) is 0 Å². The molecule has 4 heteroatoms. The molecular weight excluding hydrogens is 244 g/mol. The first-order valence-corrected chi connectivity index (χ1v) is 6.69. The Morgan fingerprint density at radius 1 is 1.42 bits per heavy atom. The van der Waals surface area contributed by atoms with Crippen molar-refractivity contribution in [1.29, 1.82) is 0 Å². The molecule has 1 aromatic carbocycles. The third-order valence-corrected chi connectivity index (χ3v) is 3.65. The quantitative estimate of drug-likeness (QED) is 0.877. The lowest BCUT2D eigenvalue weighted by Gasteiger charge is -2.26. The molecule has 2 atom stereocenters. The van der Waals surface area contributed by atoms with Crippen LogP contribution in [0.25, 0.3) is 0 Å². The Labute approximate surface area is 113 Å². The summed E-state index contributed by atoms with van der Waals surface area (Å²) in [7, 11) is 0. The van der Waals surface area contributed by atoms with Gasteiger partial charge in [-0.15, -0.1) is 0 Å². The van der Waals surface area contributed by atoms with Crippen molar-refractivity contribution in [2.75, 3.05) is 0 Å². The molecule has 1 saturated carbocycles. The van der Waals surface area contributed by atoms with E-state index in [0.29, 0.717) is 24.2 Å². The van der Waals surface area contributed by atoms with Gasteiger partial charge >= 0.3 is 5.97 Å². The summed E-state index contributed by atoms with van der Waals surface area (Å²) in [6.07, 6.45) is 3.14. The van der Waals surface area contributed by atoms with Crippen LogP contribution in [0, 0.1) is 6.92 Å². The zero-order valence-corrected chi connectivity index (χ0v) is 11.1. The van der Waals surface area contributed by atoms with Gasteiger partial charge in [0.1, 0.15) is 0 Å². The minimum Gasteiger partial charge on any atom is -0.478 e. The largest absolute Gasteiger partial charge is 0.478 e. The van der Waals surface area contributed by atoms with Crippen LogP contribution in [0.15, 0.2) is 18.2 Å². The van der Waals surface area contributed by atoms with Crippen LogP contribution in [0.1, 0.15) is 47.2 Å². The average molecular weight is 264 g/mol. The number of carboxylic acid groups (broad SMARTS) is 1. The number of carboxylic acids is 1. The van der Waals surface area contributed by atoms with Gasteiger partial charge in [-0.1, -0.05) is 18.2 Å².